The Hall–Kier alpha value is -3.24. The van der Waals surface area contributed by atoms with E-state index in [0.29, 0.717) is 11.3 Å². The molecule has 2 aliphatic heterocycles. The second kappa shape index (κ2) is 6.73. The van der Waals surface area contributed by atoms with Gasteiger partial charge in [0.25, 0.3) is 11.8 Å². The third-order valence-corrected chi connectivity index (χ3v) is 5.51. The molecule has 2 heterocycles. The first-order valence-corrected chi connectivity index (χ1v) is 9.35. The number of nitrogens with zero attached hydrogens (tertiary/aromatic N) is 3. The topological polar surface area (TPSA) is 81.5 Å². The van der Waals surface area contributed by atoms with E-state index in [-0.39, 0.29) is 11.3 Å². The number of para-hydroxylation sites is 1. The number of halogens is 1. The van der Waals surface area contributed by atoms with Crippen molar-refractivity contribution in [2.24, 2.45) is 5.92 Å². The number of likely N-dealkylation sites (N-methyl/N-ethyl adjacent to an activating group) is 1. The number of carbonyl (C=O) groups excluding carboxylic acids is 3. The van der Waals surface area contributed by atoms with Gasteiger partial charge in [-0.3, -0.25) is 24.2 Å². The standard InChI is InChI=1S/C21H14BrN3O3/c1-24-20(27)17-16(12-6-5-7-13(22)10-12)15(11-23)19(26)25(18(17)21(24)28)14-8-3-2-4-9-14/h2-10,15-16H,1H3. The Morgan fingerprint density at radius 2 is 1.71 bits per heavy atom. The average molecular weight is 436 g/mol. The van der Waals surface area contributed by atoms with Crippen LogP contribution < -0.4 is 4.90 Å². The maximum atomic E-state index is 13.3. The van der Waals surface area contributed by atoms with Crippen LogP contribution in [0.4, 0.5) is 5.69 Å². The SMILES string of the molecule is CN1C(=O)C2=C(C1=O)N(c1ccccc1)C(=O)C(C#N)C2c1cccc(Br)c1. The van der Waals surface area contributed by atoms with Gasteiger partial charge >= 0.3 is 0 Å². The largest absolute Gasteiger partial charge is 0.278 e. The number of hydrogen-bond acceptors (Lipinski definition) is 4. The van der Waals surface area contributed by atoms with Crippen molar-refractivity contribution in [2.45, 2.75) is 5.92 Å². The second-order valence-corrected chi connectivity index (χ2v) is 7.50. The first-order valence-electron chi connectivity index (χ1n) is 8.56. The second-order valence-electron chi connectivity index (χ2n) is 6.58. The summed E-state index contributed by atoms with van der Waals surface area (Å²) in [4.78, 5) is 41.3. The molecular formula is C21H14BrN3O3. The van der Waals surface area contributed by atoms with Crippen LogP contribution in [0.3, 0.4) is 0 Å². The quantitative estimate of drug-likeness (QED) is 0.678. The van der Waals surface area contributed by atoms with Gasteiger partial charge in [-0.1, -0.05) is 46.3 Å². The zero-order valence-corrected chi connectivity index (χ0v) is 16.4. The van der Waals surface area contributed by atoms with Crippen LogP contribution in [0.15, 0.2) is 70.3 Å². The molecule has 3 amide bonds. The van der Waals surface area contributed by atoms with E-state index >= 15 is 0 Å². The van der Waals surface area contributed by atoms with E-state index in [4.69, 9.17) is 0 Å². The zero-order chi connectivity index (χ0) is 20.0. The lowest BCUT2D eigenvalue weighted by Crippen LogP contribution is -2.44. The van der Waals surface area contributed by atoms with Crippen LogP contribution in [0.25, 0.3) is 0 Å². The molecule has 6 nitrogen and oxygen atoms in total. The van der Waals surface area contributed by atoms with E-state index in [0.717, 1.165) is 9.37 Å². The lowest BCUT2D eigenvalue weighted by atomic mass is 9.77. The molecular weight excluding hydrogens is 422 g/mol. The van der Waals surface area contributed by atoms with Crippen molar-refractivity contribution in [3.63, 3.8) is 0 Å². The van der Waals surface area contributed by atoms with Gasteiger partial charge in [-0.2, -0.15) is 5.26 Å². The first-order chi connectivity index (χ1) is 13.5. The van der Waals surface area contributed by atoms with E-state index in [2.05, 4.69) is 22.0 Å². The summed E-state index contributed by atoms with van der Waals surface area (Å²) < 4.78 is 0.756. The Kier molecular flexibility index (Phi) is 4.36. The summed E-state index contributed by atoms with van der Waals surface area (Å²) in [5.74, 6) is -3.50. The average Bonchev–Trinajstić information content (AvgIpc) is 2.92. The minimum Gasteiger partial charge on any atom is -0.276 e. The van der Waals surface area contributed by atoms with Crippen LogP contribution in [0.2, 0.25) is 0 Å². The summed E-state index contributed by atoms with van der Waals surface area (Å²) in [5, 5.41) is 9.82. The highest BCUT2D eigenvalue weighted by Gasteiger charge is 2.53. The number of rotatable bonds is 2. The molecule has 0 saturated heterocycles. The fraction of sp³-hybridized carbons (Fsp3) is 0.143. The van der Waals surface area contributed by atoms with Crippen LogP contribution in [0.1, 0.15) is 11.5 Å². The molecule has 0 bridgehead atoms. The van der Waals surface area contributed by atoms with Crippen LogP contribution in [-0.2, 0) is 14.4 Å². The Balaban J connectivity index is 2.01. The van der Waals surface area contributed by atoms with Gasteiger partial charge in [0, 0.05) is 23.1 Å². The molecule has 28 heavy (non-hydrogen) atoms. The van der Waals surface area contributed by atoms with Crippen molar-refractivity contribution in [1.82, 2.24) is 4.90 Å². The Morgan fingerprint density at radius 1 is 1.00 bits per heavy atom. The molecule has 0 radical (unpaired) electrons. The highest BCUT2D eigenvalue weighted by atomic mass is 79.9. The molecule has 0 aromatic heterocycles. The number of anilines is 1. The smallest absolute Gasteiger partial charge is 0.276 e. The molecule has 0 N–H and O–H groups in total. The lowest BCUT2D eigenvalue weighted by Gasteiger charge is -2.34. The van der Waals surface area contributed by atoms with Gasteiger partial charge in [0.15, 0.2) is 0 Å². The molecule has 0 spiro atoms. The molecule has 2 unspecified atom stereocenters. The minimum atomic E-state index is -1.13. The van der Waals surface area contributed by atoms with Crippen molar-refractivity contribution in [2.75, 3.05) is 11.9 Å². The molecule has 2 aromatic carbocycles. The van der Waals surface area contributed by atoms with Gasteiger partial charge in [0.1, 0.15) is 11.6 Å². The van der Waals surface area contributed by atoms with Crippen LogP contribution in [0, 0.1) is 17.2 Å². The Morgan fingerprint density at radius 3 is 2.36 bits per heavy atom. The normalized spacial score (nSPS) is 21.8. The van der Waals surface area contributed by atoms with Crippen molar-refractivity contribution in [1.29, 1.82) is 5.26 Å². The molecule has 2 aromatic rings. The van der Waals surface area contributed by atoms with E-state index in [9.17, 15) is 19.6 Å². The number of hydrogen-bond donors (Lipinski definition) is 0. The number of amides is 3. The van der Waals surface area contributed by atoms with Gasteiger partial charge in [0.2, 0.25) is 5.91 Å². The summed E-state index contributed by atoms with van der Waals surface area (Å²) in [6, 6.07) is 17.8. The maximum absolute atomic E-state index is 13.3. The molecule has 0 saturated carbocycles. The Bertz CT molecular complexity index is 1090. The third-order valence-electron chi connectivity index (χ3n) is 5.01. The fourth-order valence-electron chi connectivity index (χ4n) is 3.73. The van der Waals surface area contributed by atoms with Crippen molar-refractivity contribution in [3.05, 3.63) is 75.9 Å². The molecule has 2 atom stereocenters. The third kappa shape index (κ3) is 2.57. The molecule has 0 aliphatic carbocycles. The summed E-state index contributed by atoms with van der Waals surface area (Å²) in [5.41, 5.74) is 1.29. The molecule has 138 valence electrons. The summed E-state index contributed by atoms with van der Waals surface area (Å²) in [6.45, 7) is 0. The van der Waals surface area contributed by atoms with Crippen LogP contribution >= 0.6 is 15.9 Å². The lowest BCUT2D eigenvalue weighted by molar-refractivity contribution is -0.136. The van der Waals surface area contributed by atoms with Crippen molar-refractivity contribution < 1.29 is 14.4 Å². The van der Waals surface area contributed by atoms with Crippen LogP contribution in [0.5, 0.6) is 0 Å². The van der Waals surface area contributed by atoms with E-state index in [1.165, 1.54) is 11.9 Å². The van der Waals surface area contributed by atoms with Crippen molar-refractivity contribution >= 4 is 39.3 Å². The van der Waals surface area contributed by atoms with Gasteiger partial charge in [-0.25, -0.2) is 0 Å². The number of nitriles is 1. The van der Waals surface area contributed by atoms with E-state index < -0.39 is 29.6 Å². The van der Waals surface area contributed by atoms with Crippen LogP contribution in [-0.4, -0.2) is 29.7 Å². The fourth-order valence-corrected chi connectivity index (χ4v) is 4.14. The first kappa shape index (κ1) is 18.1. The molecule has 0 fully saturated rings. The zero-order valence-electron chi connectivity index (χ0n) is 14.8. The Labute approximate surface area is 169 Å². The van der Waals surface area contributed by atoms with Gasteiger partial charge in [-0.15, -0.1) is 0 Å². The van der Waals surface area contributed by atoms with Gasteiger partial charge in [0.05, 0.1) is 11.6 Å². The monoisotopic (exact) mass is 435 g/mol. The van der Waals surface area contributed by atoms with Gasteiger partial charge in [-0.05, 0) is 29.8 Å². The van der Waals surface area contributed by atoms with Crippen molar-refractivity contribution in [3.8, 4) is 6.07 Å². The van der Waals surface area contributed by atoms with E-state index in [1.54, 1.807) is 48.5 Å². The predicted octanol–water partition coefficient (Wildman–Crippen LogP) is 2.97. The molecule has 4 rings (SSSR count). The predicted molar refractivity (Wildman–Crippen MR) is 105 cm³/mol. The highest BCUT2D eigenvalue weighted by molar-refractivity contribution is 9.10. The number of benzene rings is 2. The molecule has 7 heteroatoms. The maximum Gasteiger partial charge on any atom is 0.278 e. The summed E-state index contributed by atoms with van der Waals surface area (Å²) in [7, 11) is 1.38. The minimum absolute atomic E-state index is 0.0279. The number of imide groups is 1. The molecule has 2 aliphatic rings. The summed E-state index contributed by atoms with van der Waals surface area (Å²) in [6.07, 6.45) is 0. The van der Waals surface area contributed by atoms with Gasteiger partial charge < -0.3 is 0 Å². The number of carbonyl (C=O) groups is 3. The highest BCUT2D eigenvalue weighted by Crippen LogP contribution is 2.45. The summed E-state index contributed by atoms with van der Waals surface area (Å²) >= 11 is 3.39. The van der Waals surface area contributed by atoms with E-state index in [1.807, 2.05) is 6.07 Å².